The van der Waals surface area contributed by atoms with Crippen molar-refractivity contribution in [3.63, 3.8) is 0 Å². The molecule has 0 atom stereocenters. The smallest absolute Gasteiger partial charge is 0.252 e. The van der Waals surface area contributed by atoms with E-state index in [1.54, 1.807) is 19.1 Å². The predicted octanol–water partition coefficient (Wildman–Crippen LogP) is 2.81. The zero-order valence-electron chi connectivity index (χ0n) is 14.8. The molecule has 2 aromatic rings. The number of amides is 2. The molecule has 136 valence electrons. The molecule has 1 N–H and O–H groups in total. The van der Waals surface area contributed by atoms with Gasteiger partial charge in [-0.3, -0.25) is 14.6 Å². The van der Waals surface area contributed by atoms with E-state index in [4.69, 9.17) is 0 Å². The molecule has 0 spiro atoms. The quantitative estimate of drug-likeness (QED) is 0.921. The van der Waals surface area contributed by atoms with E-state index in [1.165, 1.54) is 12.1 Å². The molecule has 4 rings (SSSR count). The number of halogens is 1. The minimum Gasteiger partial charge on any atom is -0.349 e. The van der Waals surface area contributed by atoms with E-state index >= 15 is 0 Å². The summed E-state index contributed by atoms with van der Waals surface area (Å²) in [6.07, 6.45) is 3.57. The summed E-state index contributed by atoms with van der Waals surface area (Å²) in [5.74, 6) is -0.0195. The van der Waals surface area contributed by atoms with Gasteiger partial charge in [0.05, 0.1) is 11.1 Å². The summed E-state index contributed by atoms with van der Waals surface area (Å²) in [5, 5.41) is 3.72. The van der Waals surface area contributed by atoms with Gasteiger partial charge in [0.15, 0.2) is 0 Å². The normalized spacial score (nSPS) is 18.2. The molecule has 0 unspecified atom stereocenters. The highest BCUT2D eigenvalue weighted by Crippen LogP contribution is 2.32. The lowest BCUT2D eigenvalue weighted by Gasteiger charge is -2.32. The van der Waals surface area contributed by atoms with Crippen LogP contribution in [-0.2, 0) is 4.79 Å². The maximum atomic E-state index is 13.5. The third kappa shape index (κ3) is 3.41. The maximum absolute atomic E-state index is 13.5. The van der Waals surface area contributed by atoms with Crippen LogP contribution in [0, 0.1) is 18.7 Å². The average molecular weight is 355 g/mol. The Morgan fingerprint density at radius 3 is 2.58 bits per heavy atom. The van der Waals surface area contributed by atoms with E-state index in [9.17, 15) is 14.0 Å². The number of hydrogen-bond donors (Lipinski definition) is 1. The van der Waals surface area contributed by atoms with E-state index in [2.05, 4.69) is 10.3 Å². The fraction of sp³-hybridized carbons (Fsp3) is 0.450. The van der Waals surface area contributed by atoms with Gasteiger partial charge in [0.25, 0.3) is 5.91 Å². The van der Waals surface area contributed by atoms with Gasteiger partial charge in [0, 0.05) is 42.2 Å². The Hall–Kier alpha value is -2.50. The van der Waals surface area contributed by atoms with Crippen molar-refractivity contribution in [2.75, 3.05) is 13.1 Å². The fourth-order valence-electron chi connectivity index (χ4n) is 3.62. The minimum atomic E-state index is -0.366. The molecule has 2 fully saturated rings. The number of benzene rings is 1. The zero-order chi connectivity index (χ0) is 18.3. The van der Waals surface area contributed by atoms with E-state index in [0.29, 0.717) is 35.2 Å². The fourth-order valence-corrected chi connectivity index (χ4v) is 3.62. The molecule has 2 aliphatic rings. The van der Waals surface area contributed by atoms with Crippen LogP contribution in [0.25, 0.3) is 10.9 Å². The number of hydrogen-bond acceptors (Lipinski definition) is 3. The van der Waals surface area contributed by atoms with Gasteiger partial charge in [-0.1, -0.05) is 0 Å². The Morgan fingerprint density at radius 2 is 1.88 bits per heavy atom. The number of piperidine rings is 1. The van der Waals surface area contributed by atoms with Crippen molar-refractivity contribution in [2.45, 2.75) is 38.6 Å². The Kier molecular flexibility index (Phi) is 4.34. The average Bonchev–Trinajstić information content (AvgIpc) is 3.45. The van der Waals surface area contributed by atoms with Crippen LogP contribution in [0.15, 0.2) is 24.3 Å². The van der Waals surface area contributed by atoms with E-state index in [0.717, 1.165) is 25.7 Å². The first-order valence-electron chi connectivity index (χ1n) is 9.18. The van der Waals surface area contributed by atoms with Gasteiger partial charge in [0.1, 0.15) is 5.82 Å². The Bertz CT molecular complexity index is 865. The van der Waals surface area contributed by atoms with Crippen LogP contribution < -0.4 is 5.32 Å². The molecular formula is C20H22FN3O2. The van der Waals surface area contributed by atoms with Gasteiger partial charge in [0.2, 0.25) is 5.91 Å². The first-order chi connectivity index (χ1) is 12.5. The number of nitrogens with zero attached hydrogens (tertiary/aromatic N) is 2. The number of rotatable bonds is 3. The summed E-state index contributed by atoms with van der Waals surface area (Å²) in [5.41, 5.74) is 1.68. The standard InChI is InChI=1S/C20H22FN3O2/c1-12-10-17(16-5-4-14(21)11-18(16)22-12)19(25)23-15-6-8-24(9-7-15)20(26)13-2-3-13/h4-5,10-11,13,15H,2-3,6-9H2,1H3,(H,23,25). The van der Waals surface area contributed by atoms with E-state index in [1.807, 2.05) is 4.90 Å². The highest BCUT2D eigenvalue weighted by Gasteiger charge is 2.35. The highest BCUT2D eigenvalue weighted by molar-refractivity contribution is 6.06. The number of aryl methyl sites for hydroxylation is 1. The lowest BCUT2D eigenvalue weighted by Crippen LogP contribution is -2.47. The number of carbonyl (C=O) groups excluding carboxylic acids is 2. The molecule has 1 saturated heterocycles. The molecule has 0 radical (unpaired) electrons. The topological polar surface area (TPSA) is 62.3 Å². The minimum absolute atomic E-state index is 0.0507. The zero-order valence-corrected chi connectivity index (χ0v) is 14.8. The van der Waals surface area contributed by atoms with Crippen molar-refractivity contribution in [3.8, 4) is 0 Å². The third-order valence-electron chi connectivity index (χ3n) is 5.21. The summed E-state index contributed by atoms with van der Waals surface area (Å²) >= 11 is 0. The van der Waals surface area contributed by atoms with Crippen LogP contribution in [0.1, 0.15) is 41.7 Å². The summed E-state index contributed by atoms with van der Waals surface area (Å²) < 4.78 is 13.5. The molecule has 2 amide bonds. The number of likely N-dealkylation sites (tertiary alicyclic amines) is 1. The van der Waals surface area contributed by atoms with Gasteiger partial charge in [-0.15, -0.1) is 0 Å². The second kappa shape index (κ2) is 6.67. The van der Waals surface area contributed by atoms with Crippen LogP contribution in [-0.4, -0.2) is 40.8 Å². The molecule has 0 bridgehead atoms. The largest absolute Gasteiger partial charge is 0.349 e. The van der Waals surface area contributed by atoms with Crippen molar-refractivity contribution in [1.82, 2.24) is 15.2 Å². The molecule has 1 saturated carbocycles. The molecule has 6 heteroatoms. The molecule has 26 heavy (non-hydrogen) atoms. The summed E-state index contributed by atoms with van der Waals surface area (Å²) in [6.45, 7) is 3.19. The van der Waals surface area contributed by atoms with Crippen molar-refractivity contribution in [1.29, 1.82) is 0 Å². The van der Waals surface area contributed by atoms with Crippen LogP contribution in [0.3, 0.4) is 0 Å². The van der Waals surface area contributed by atoms with E-state index < -0.39 is 0 Å². The van der Waals surface area contributed by atoms with Crippen LogP contribution >= 0.6 is 0 Å². The summed E-state index contributed by atoms with van der Waals surface area (Å²) in [6, 6.07) is 6.08. The summed E-state index contributed by atoms with van der Waals surface area (Å²) in [7, 11) is 0. The SMILES string of the molecule is Cc1cc(C(=O)NC2CCN(C(=O)C3CC3)CC2)c2ccc(F)cc2n1. The molecule has 1 aliphatic heterocycles. The number of fused-ring (bicyclic) bond motifs is 1. The monoisotopic (exact) mass is 355 g/mol. The maximum Gasteiger partial charge on any atom is 0.252 e. The number of aromatic nitrogens is 1. The van der Waals surface area contributed by atoms with Gasteiger partial charge >= 0.3 is 0 Å². The third-order valence-corrected chi connectivity index (χ3v) is 5.21. The van der Waals surface area contributed by atoms with Crippen LogP contribution in [0.2, 0.25) is 0 Å². The lowest BCUT2D eigenvalue weighted by atomic mass is 10.0. The Labute approximate surface area is 151 Å². The van der Waals surface area contributed by atoms with E-state index in [-0.39, 0.29) is 29.6 Å². The number of pyridine rings is 1. The molecule has 5 nitrogen and oxygen atoms in total. The van der Waals surface area contributed by atoms with Gasteiger partial charge in [-0.05, 0) is 50.8 Å². The van der Waals surface area contributed by atoms with Crippen molar-refractivity contribution in [2.24, 2.45) is 5.92 Å². The van der Waals surface area contributed by atoms with Crippen molar-refractivity contribution < 1.29 is 14.0 Å². The molecule has 2 heterocycles. The lowest BCUT2D eigenvalue weighted by molar-refractivity contribution is -0.133. The highest BCUT2D eigenvalue weighted by atomic mass is 19.1. The van der Waals surface area contributed by atoms with Gasteiger partial charge in [-0.25, -0.2) is 4.39 Å². The van der Waals surface area contributed by atoms with Crippen molar-refractivity contribution >= 4 is 22.7 Å². The van der Waals surface area contributed by atoms with Crippen LogP contribution in [0.5, 0.6) is 0 Å². The second-order valence-corrected chi connectivity index (χ2v) is 7.32. The molecule has 1 aromatic carbocycles. The van der Waals surface area contributed by atoms with Crippen LogP contribution in [0.4, 0.5) is 4.39 Å². The number of carbonyl (C=O) groups is 2. The molecular weight excluding hydrogens is 333 g/mol. The molecule has 1 aliphatic carbocycles. The number of nitrogens with one attached hydrogen (secondary N) is 1. The second-order valence-electron chi connectivity index (χ2n) is 7.32. The Morgan fingerprint density at radius 1 is 1.15 bits per heavy atom. The van der Waals surface area contributed by atoms with Gasteiger partial charge in [-0.2, -0.15) is 0 Å². The molecule has 1 aromatic heterocycles. The summed E-state index contributed by atoms with van der Waals surface area (Å²) in [4.78, 5) is 31.1. The first kappa shape index (κ1) is 16.9. The first-order valence-corrected chi connectivity index (χ1v) is 9.18. The Balaban J connectivity index is 1.45. The van der Waals surface area contributed by atoms with Crippen molar-refractivity contribution in [3.05, 3.63) is 41.3 Å². The van der Waals surface area contributed by atoms with Gasteiger partial charge < -0.3 is 10.2 Å². The predicted molar refractivity (Wildman–Crippen MR) is 96.2 cm³/mol.